The van der Waals surface area contributed by atoms with Gasteiger partial charge >= 0.3 is 6.03 Å². The van der Waals surface area contributed by atoms with Crippen LogP contribution in [0.4, 0.5) is 19.4 Å². The molecule has 2 aromatic heterocycles. The number of hydrogen-bond acceptors (Lipinski definition) is 4. The number of aliphatic hydroxyl groups is 1. The van der Waals surface area contributed by atoms with E-state index in [4.69, 9.17) is 0 Å². The molecule has 0 bridgehead atoms. The lowest BCUT2D eigenvalue weighted by molar-refractivity contribution is 0.147. The Morgan fingerprint density at radius 2 is 2.04 bits per heavy atom. The van der Waals surface area contributed by atoms with Gasteiger partial charge in [0, 0.05) is 6.07 Å². The van der Waals surface area contributed by atoms with Crippen molar-refractivity contribution in [3.63, 3.8) is 0 Å². The van der Waals surface area contributed by atoms with Gasteiger partial charge in [-0.1, -0.05) is 30.3 Å². The Labute approximate surface area is 147 Å². The summed E-state index contributed by atoms with van der Waals surface area (Å²) in [6.45, 7) is 1.26. The number of benzene rings is 1. The molecule has 3 aromatic rings. The second kappa shape index (κ2) is 7.44. The highest BCUT2D eigenvalue weighted by Gasteiger charge is 2.20. The van der Waals surface area contributed by atoms with Crippen LogP contribution in [0.5, 0.6) is 0 Å². The molecular formula is C17H17F2N5O2. The number of urea groups is 1. The molecule has 1 atom stereocenters. The molecule has 0 aliphatic rings. The summed E-state index contributed by atoms with van der Waals surface area (Å²) in [6.07, 6.45) is -2.78. The summed E-state index contributed by atoms with van der Waals surface area (Å²) < 4.78 is 26.0. The van der Waals surface area contributed by atoms with Crippen molar-refractivity contribution in [2.75, 3.05) is 5.32 Å². The van der Waals surface area contributed by atoms with Crippen LogP contribution in [0.2, 0.25) is 0 Å². The monoisotopic (exact) mass is 361 g/mol. The summed E-state index contributed by atoms with van der Waals surface area (Å²) in [7, 11) is 0. The van der Waals surface area contributed by atoms with Crippen molar-refractivity contribution in [2.24, 2.45) is 0 Å². The van der Waals surface area contributed by atoms with Crippen LogP contribution in [-0.2, 0) is 6.61 Å². The van der Waals surface area contributed by atoms with E-state index in [9.17, 15) is 18.7 Å². The fourth-order valence-corrected chi connectivity index (χ4v) is 2.65. The molecule has 0 spiro atoms. The number of aliphatic hydroxyl groups excluding tert-OH is 1. The number of alkyl halides is 2. The number of anilines is 1. The number of carbonyl (C=O) groups is 1. The van der Waals surface area contributed by atoms with E-state index in [0.29, 0.717) is 0 Å². The van der Waals surface area contributed by atoms with Gasteiger partial charge in [-0.25, -0.2) is 18.6 Å². The highest BCUT2D eigenvalue weighted by Crippen LogP contribution is 2.29. The fourth-order valence-electron chi connectivity index (χ4n) is 2.65. The third-order valence-corrected chi connectivity index (χ3v) is 3.90. The molecule has 0 fully saturated rings. The molecule has 1 aromatic carbocycles. The standard InChI is InChI=1S/C17H17F2N5O2/c1-9(10-5-3-2-4-6-10)20-17(26)22-13-7-11-14(12(8-25)21-13)15(16(18)19)24-23-11/h2-7,9,16,25H,8H2,1H3,(H,23,24)(H2,20,21,22,26). The van der Waals surface area contributed by atoms with Crippen molar-refractivity contribution in [1.29, 1.82) is 0 Å². The van der Waals surface area contributed by atoms with Gasteiger partial charge in [-0.05, 0) is 12.5 Å². The summed E-state index contributed by atoms with van der Waals surface area (Å²) in [5.41, 5.74) is 0.713. The second-order valence-electron chi connectivity index (χ2n) is 5.68. The molecule has 0 aliphatic heterocycles. The average Bonchev–Trinajstić information content (AvgIpc) is 3.05. The summed E-state index contributed by atoms with van der Waals surface area (Å²) in [5.74, 6) is 0.103. The number of amides is 2. The molecule has 3 rings (SSSR count). The SMILES string of the molecule is CC(NC(=O)Nc1cc2n[nH]c(C(F)F)c2c(CO)n1)c1ccccc1. The largest absolute Gasteiger partial charge is 0.390 e. The Morgan fingerprint density at radius 1 is 1.31 bits per heavy atom. The van der Waals surface area contributed by atoms with Crippen molar-refractivity contribution >= 4 is 22.8 Å². The molecule has 136 valence electrons. The molecule has 0 saturated heterocycles. The van der Waals surface area contributed by atoms with Crippen molar-refractivity contribution in [1.82, 2.24) is 20.5 Å². The van der Waals surface area contributed by atoms with E-state index >= 15 is 0 Å². The Kier molecular flexibility index (Phi) is 5.08. The van der Waals surface area contributed by atoms with Gasteiger partial charge in [0.25, 0.3) is 6.43 Å². The number of nitrogens with one attached hydrogen (secondary N) is 3. The predicted molar refractivity (Wildman–Crippen MR) is 91.8 cm³/mol. The number of hydrogen-bond donors (Lipinski definition) is 4. The molecule has 0 saturated carbocycles. The Bertz CT molecular complexity index is 914. The van der Waals surface area contributed by atoms with E-state index in [1.165, 1.54) is 6.07 Å². The van der Waals surface area contributed by atoms with Crippen LogP contribution < -0.4 is 10.6 Å². The number of fused-ring (bicyclic) bond motifs is 1. The highest BCUT2D eigenvalue weighted by molar-refractivity contribution is 5.92. The van der Waals surface area contributed by atoms with Gasteiger partial charge in [0.05, 0.1) is 29.2 Å². The van der Waals surface area contributed by atoms with E-state index in [1.54, 1.807) is 0 Å². The Hall–Kier alpha value is -3.07. The molecule has 26 heavy (non-hydrogen) atoms. The smallest absolute Gasteiger partial charge is 0.320 e. The quantitative estimate of drug-likeness (QED) is 0.560. The zero-order valence-corrected chi connectivity index (χ0v) is 13.8. The number of aromatic nitrogens is 3. The summed E-state index contributed by atoms with van der Waals surface area (Å²) in [6, 6.07) is 9.99. The van der Waals surface area contributed by atoms with Gasteiger partial charge in [-0.15, -0.1) is 0 Å². The predicted octanol–water partition coefficient (Wildman–Crippen LogP) is 3.27. The highest BCUT2D eigenvalue weighted by atomic mass is 19.3. The van der Waals surface area contributed by atoms with Crippen LogP contribution in [-0.4, -0.2) is 26.3 Å². The van der Waals surface area contributed by atoms with Crippen molar-refractivity contribution < 1.29 is 18.7 Å². The van der Waals surface area contributed by atoms with Gasteiger partial charge in [0.15, 0.2) is 0 Å². The van der Waals surface area contributed by atoms with Crippen molar-refractivity contribution in [3.05, 3.63) is 53.3 Å². The van der Waals surface area contributed by atoms with E-state index < -0.39 is 24.8 Å². The lowest BCUT2D eigenvalue weighted by atomic mass is 10.1. The van der Waals surface area contributed by atoms with Crippen LogP contribution in [0, 0.1) is 0 Å². The van der Waals surface area contributed by atoms with Crippen molar-refractivity contribution in [3.8, 4) is 0 Å². The van der Waals surface area contributed by atoms with Gasteiger partial charge in [0.1, 0.15) is 11.5 Å². The Balaban J connectivity index is 1.79. The molecule has 4 N–H and O–H groups in total. The number of aromatic amines is 1. The number of rotatable bonds is 5. The molecule has 7 nitrogen and oxygen atoms in total. The van der Waals surface area contributed by atoms with Crippen LogP contribution in [0.15, 0.2) is 36.4 Å². The zero-order valence-electron chi connectivity index (χ0n) is 13.8. The van der Waals surface area contributed by atoms with Crippen LogP contribution >= 0.6 is 0 Å². The van der Waals surface area contributed by atoms with E-state index in [2.05, 4.69) is 25.8 Å². The first-order chi connectivity index (χ1) is 12.5. The lowest BCUT2D eigenvalue weighted by Gasteiger charge is -2.15. The van der Waals surface area contributed by atoms with E-state index in [-0.39, 0.29) is 28.5 Å². The van der Waals surface area contributed by atoms with E-state index in [0.717, 1.165) is 5.56 Å². The van der Waals surface area contributed by atoms with Gasteiger partial charge in [-0.3, -0.25) is 10.4 Å². The number of halogens is 2. The van der Waals surface area contributed by atoms with Crippen LogP contribution in [0.3, 0.4) is 0 Å². The zero-order chi connectivity index (χ0) is 18.7. The average molecular weight is 361 g/mol. The normalized spacial score (nSPS) is 12.3. The summed E-state index contributed by atoms with van der Waals surface area (Å²) in [5, 5.41) is 20.8. The fraction of sp³-hybridized carbons (Fsp3) is 0.235. The first-order valence-electron chi connectivity index (χ1n) is 7.89. The lowest BCUT2D eigenvalue weighted by Crippen LogP contribution is -2.31. The third kappa shape index (κ3) is 3.62. The number of pyridine rings is 1. The van der Waals surface area contributed by atoms with Gasteiger partial charge in [-0.2, -0.15) is 5.10 Å². The van der Waals surface area contributed by atoms with Crippen molar-refractivity contribution in [2.45, 2.75) is 26.0 Å². The maximum atomic E-state index is 13.0. The summed E-state index contributed by atoms with van der Waals surface area (Å²) >= 11 is 0. The first kappa shape index (κ1) is 17.7. The molecular weight excluding hydrogens is 344 g/mol. The third-order valence-electron chi connectivity index (χ3n) is 3.90. The first-order valence-corrected chi connectivity index (χ1v) is 7.89. The molecule has 2 heterocycles. The summed E-state index contributed by atoms with van der Waals surface area (Å²) in [4.78, 5) is 16.2. The van der Waals surface area contributed by atoms with E-state index in [1.807, 2.05) is 37.3 Å². The molecule has 9 heteroatoms. The van der Waals surface area contributed by atoms with Crippen LogP contribution in [0.25, 0.3) is 10.9 Å². The number of H-pyrrole nitrogens is 1. The molecule has 0 aliphatic carbocycles. The van der Waals surface area contributed by atoms with Gasteiger partial charge < -0.3 is 10.4 Å². The minimum atomic E-state index is -2.78. The maximum absolute atomic E-state index is 13.0. The molecule has 2 amide bonds. The number of nitrogens with zero attached hydrogens (tertiary/aromatic N) is 2. The maximum Gasteiger partial charge on any atom is 0.320 e. The van der Waals surface area contributed by atoms with Gasteiger partial charge in [0.2, 0.25) is 0 Å². The second-order valence-corrected chi connectivity index (χ2v) is 5.68. The molecule has 0 radical (unpaired) electrons. The topological polar surface area (TPSA) is 103 Å². The number of carbonyl (C=O) groups excluding carboxylic acids is 1. The minimum Gasteiger partial charge on any atom is -0.390 e. The van der Waals surface area contributed by atoms with Crippen LogP contribution in [0.1, 0.15) is 36.3 Å². The minimum absolute atomic E-state index is 0.0120. The Morgan fingerprint density at radius 3 is 2.69 bits per heavy atom. The molecule has 1 unspecified atom stereocenters.